The number of rotatable bonds is 9. The molecule has 9 heteroatoms. The highest BCUT2D eigenvalue weighted by atomic mass is 79.9. The van der Waals surface area contributed by atoms with Gasteiger partial charge in [-0.05, 0) is 58.8 Å². The first-order valence-electron chi connectivity index (χ1n) is 9.15. The van der Waals surface area contributed by atoms with Gasteiger partial charge in [-0.1, -0.05) is 6.07 Å². The molecule has 0 bridgehead atoms. The predicted molar refractivity (Wildman–Crippen MR) is 118 cm³/mol. The molecule has 2 rings (SSSR count). The van der Waals surface area contributed by atoms with Crippen molar-refractivity contribution in [1.82, 2.24) is 0 Å². The number of ether oxygens (including phenoxy) is 4. The van der Waals surface area contributed by atoms with Gasteiger partial charge in [-0.25, -0.2) is 4.79 Å². The third-order valence-corrected chi connectivity index (χ3v) is 4.48. The molecule has 1 N–H and O–H groups in total. The first-order valence-corrected chi connectivity index (χ1v) is 9.94. The Balaban J connectivity index is 2.25. The summed E-state index contributed by atoms with van der Waals surface area (Å²) < 4.78 is 21.2. The molecule has 0 heterocycles. The molecule has 162 valence electrons. The number of nitrogens with one attached hydrogen (secondary N) is 1. The number of hydrogen-bond donors (Lipinski definition) is 1. The largest absolute Gasteiger partial charge is 0.494 e. The van der Waals surface area contributed by atoms with Gasteiger partial charge in [-0.2, -0.15) is 5.26 Å². The topological polar surface area (TPSA) is 107 Å². The summed E-state index contributed by atoms with van der Waals surface area (Å²) in [6.45, 7) is 2.06. The molecule has 0 radical (unpaired) electrons. The van der Waals surface area contributed by atoms with Gasteiger partial charge < -0.3 is 24.3 Å². The minimum atomic E-state index is -0.572. The monoisotopic (exact) mass is 488 g/mol. The van der Waals surface area contributed by atoms with Gasteiger partial charge in [0, 0.05) is 11.8 Å². The fraction of sp³-hybridized carbons (Fsp3) is 0.227. The fourth-order valence-corrected chi connectivity index (χ4v) is 3.07. The lowest BCUT2D eigenvalue weighted by Crippen LogP contribution is -2.14. The van der Waals surface area contributed by atoms with E-state index in [-0.39, 0.29) is 12.2 Å². The lowest BCUT2D eigenvalue weighted by molar-refractivity contribution is -0.142. The van der Waals surface area contributed by atoms with Gasteiger partial charge in [-0.15, -0.1) is 0 Å². The molecular weight excluding hydrogens is 468 g/mol. The molecule has 2 aromatic rings. The summed E-state index contributed by atoms with van der Waals surface area (Å²) in [5, 5.41) is 12.2. The van der Waals surface area contributed by atoms with Gasteiger partial charge in [0.2, 0.25) is 0 Å². The van der Waals surface area contributed by atoms with Crippen LogP contribution >= 0.6 is 15.9 Å². The van der Waals surface area contributed by atoms with E-state index in [1.807, 2.05) is 13.0 Å². The molecule has 0 unspecified atom stereocenters. The Morgan fingerprint density at radius 2 is 1.97 bits per heavy atom. The van der Waals surface area contributed by atoms with Crippen LogP contribution in [0.5, 0.6) is 17.2 Å². The van der Waals surface area contributed by atoms with E-state index in [4.69, 9.17) is 14.2 Å². The van der Waals surface area contributed by atoms with E-state index in [0.29, 0.717) is 39.6 Å². The number of esters is 1. The molecule has 0 aliphatic carbocycles. The van der Waals surface area contributed by atoms with Crippen LogP contribution in [0.3, 0.4) is 0 Å². The maximum atomic E-state index is 12.6. The number of methoxy groups -OCH3 is 2. The number of amides is 1. The summed E-state index contributed by atoms with van der Waals surface area (Å²) in [5.74, 6) is 0.0958. The van der Waals surface area contributed by atoms with Gasteiger partial charge >= 0.3 is 5.97 Å². The first kappa shape index (κ1) is 23.8. The van der Waals surface area contributed by atoms with Gasteiger partial charge in [0.25, 0.3) is 5.91 Å². The van der Waals surface area contributed by atoms with Crippen molar-refractivity contribution in [3.8, 4) is 23.3 Å². The summed E-state index contributed by atoms with van der Waals surface area (Å²) in [6.07, 6.45) is 1.42. The van der Waals surface area contributed by atoms with E-state index in [0.717, 1.165) is 0 Å². The number of nitriles is 1. The standard InChI is InChI=1S/C22H21BrN2O6/c1-4-30-17-7-5-6-16(11-17)25-22(27)15(12-24)8-14-9-18(23)21(19(10-14)28-2)31-13-20(26)29-3/h5-11H,4,13H2,1-3H3,(H,25,27)/b15-8-. The summed E-state index contributed by atoms with van der Waals surface area (Å²) >= 11 is 3.35. The first-order chi connectivity index (χ1) is 14.9. The second-order valence-electron chi connectivity index (χ2n) is 5.98. The zero-order valence-electron chi connectivity index (χ0n) is 17.2. The van der Waals surface area contributed by atoms with Crippen molar-refractivity contribution in [3.63, 3.8) is 0 Å². The van der Waals surface area contributed by atoms with Gasteiger partial charge in [0.15, 0.2) is 18.1 Å². The van der Waals surface area contributed by atoms with Crippen LogP contribution in [0, 0.1) is 11.3 Å². The van der Waals surface area contributed by atoms with Crippen molar-refractivity contribution in [2.45, 2.75) is 6.92 Å². The van der Waals surface area contributed by atoms with Crippen molar-refractivity contribution in [3.05, 3.63) is 52.0 Å². The Hall–Kier alpha value is -3.51. The lowest BCUT2D eigenvalue weighted by Gasteiger charge is -2.13. The van der Waals surface area contributed by atoms with Crippen LogP contribution in [0.15, 0.2) is 46.4 Å². The third kappa shape index (κ3) is 6.76. The number of carbonyl (C=O) groups excluding carboxylic acids is 2. The molecule has 0 aromatic heterocycles. The van der Waals surface area contributed by atoms with E-state index >= 15 is 0 Å². The fourth-order valence-electron chi connectivity index (χ4n) is 2.50. The maximum Gasteiger partial charge on any atom is 0.343 e. The molecular formula is C22H21BrN2O6. The van der Waals surface area contributed by atoms with Crippen LogP contribution in [-0.2, 0) is 14.3 Å². The van der Waals surface area contributed by atoms with E-state index in [1.165, 1.54) is 20.3 Å². The van der Waals surface area contributed by atoms with Gasteiger partial charge in [0.1, 0.15) is 17.4 Å². The summed E-state index contributed by atoms with van der Waals surface area (Å²) in [4.78, 5) is 23.9. The van der Waals surface area contributed by atoms with Crippen LogP contribution in [0.2, 0.25) is 0 Å². The van der Waals surface area contributed by atoms with Crippen LogP contribution in [-0.4, -0.2) is 39.3 Å². The molecule has 0 spiro atoms. The highest BCUT2D eigenvalue weighted by molar-refractivity contribution is 9.10. The van der Waals surface area contributed by atoms with Crippen LogP contribution < -0.4 is 19.5 Å². The number of hydrogen-bond acceptors (Lipinski definition) is 7. The van der Waals surface area contributed by atoms with Crippen LogP contribution in [0.25, 0.3) is 6.08 Å². The third-order valence-electron chi connectivity index (χ3n) is 3.89. The molecule has 0 aliphatic heterocycles. The Morgan fingerprint density at radius 3 is 2.61 bits per heavy atom. The molecule has 2 aromatic carbocycles. The number of nitrogens with zero attached hydrogens (tertiary/aromatic N) is 1. The van der Waals surface area contributed by atoms with Gasteiger partial charge in [0.05, 0.1) is 25.3 Å². The van der Waals surface area contributed by atoms with Crippen molar-refractivity contribution in [2.24, 2.45) is 0 Å². The predicted octanol–water partition coefficient (Wildman–Crippen LogP) is 3.95. The molecule has 8 nitrogen and oxygen atoms in total. The van der Waals surface area contributed by atoms with E-state index in [2.05, 4.69) is 26.0 Å². The normalized spacial score (nSPS) is 10.6. The number of carbonyl (C=O) groups is 2. The lowest BCUT2D eigenvalue weighted by atomic mass is 10.1. The molecule has 31 heavy (non-hydrogen) atoms. The number of halogens is 1. The Kier molecular flexibility index (Phi) is 8.91. The second-order valence-corrected chi connectivity index (χ2v) is 6.84. The van der Waals surface area contributed by atoms with Crippen LogP contribution in [0.4, 0.5) is 5.69 Å². The Bertz CT molecular complexity index is 1030. The van der Waals surface area contributed by atoms with Crippen molar-refractivity contribution in [1.29, 1.82) is 5.26 Å². The number of benzene rings is 2. The van der Waals surface area contributed by atoms with Crippen LogP contribution in [0.1, 0.15) is 12.5 Å². The number of anilines is 1. The van der Waals surface area contributed by atoms with Crippen molar-refractivity contribution < 1.29 is 28.5 Å². The second kappa shape index (κ2) is 11.6. The average Bonchev–Trinajstić information content (AvgIpc) is 2.76. The average molecular weight is 489 g/mol. The molecule has 0 saturated carbocycles. The molecule has 0 fully saturated rings. The maximum absolute atomic E-state index is 12.6. The zero-order valence-corrected chi connectivity index (χ0v) is 18.8. The zero-order chi connectivity index (χ0) is 22.8. The Labute approximate surface area is 188 Å². The summed E-state index contributed by atoms with van der Waals surface area (Å²) in [6, 6.07) is 12.0. The highest BCUT2D eigenvalue weighted by Crippen LogP contribution is 2.37. The molecule has 1 amide bonds. The summed E-state index contributed by atoms with van der Waals surface area (Å²) in [5.41, 5.74) is 0.908. The SMILES string of the molecule is CCOc1cccc(NC(=O)/C(C#N)=C\c2cc(Br)c(OCC(=O)OC)c(OC)c2)c1. The Morgan fingerprint density at radius 1 is 1.19 bits per heavy atom. The van der Waals surface area contributed by atoms with Crippen molar-refractivity contribution >= 4 is 39.6 Å². The van der Waals surface area contributed by atoms with E-state index in [1.54, 1.807) is 36.4 Å². The molecule has 0 aliphatic rings. The minimum absolute atomic E-state index is 0.112. The van der Waals surface area contributed by atoms with E-state index < -0.39 is 11.9 Å². The minimum Gasteiger partial charge on any atom is -0.494 e. The highest BCUT2D eigenvalue weighted by Gasteiger charge is 2.15. The van der Waals surface area contributed by atoms with Gasteiger partial charge in [-0.3, -0.25) is 4.79 Å². The van der Waals surface area contributed by atoms with Crippen molar-refractivity contribution in [2.75, 3.05) is 32.8 Å². The summed E-state index contributed by atoms with van der Waals surface area (Å²) in [7, 11) is 2.69. The smallest absolute Gasteiger partial charge is 0.343 e. The van der Waals surface area contributed by atoms with E-state index in [9.17, 15) is 14.9 Å². The molecule has 0 saturated heterocycles. The quantitative estimate of drug-likeness (QED) is 0.323. The molecule has 0 atom stereocenters.